The molecule has 140 valence electrons. The van der Waals surface area contributed by atoms with Crippen molar-refractivity contribution in [1.29, 1.82) is 0 Å². The molecular formula is C19H23FN2O3S. The fourth-order valence-electron chi connectivity index (χ4n) is 2.80. The summed E-state index contributed by atoms with van der Waals surface area (Å²) in [7, 11) is -3.86. The van der Waals surface area contributed by atoms with E-state index in [1.807, 2.05) is 37.3 Å². The quantitative estimate of drug-likeness (QED) is 0.804. The zero-order chi connectivity index (χ0) is 19.3. The number of carbonyl (C=O) groups is 1. The number of hydrogen-bond acceptors (Lipinski definition) is 3. The first-order chi connectivity index (χ1) is 12.3. The summed E-state index contributed by atoms with van der Waals surface area (Å²) in [5.74, 6) is -1.17. The molecule has 0 heterocycles. The Morgan fingerprint density at radius 1 is 1.12 bits per heavy atom. The van der Waals surface area contributed by atoms with Crippen LogP contribution in [0.3, 0.4) is 0 Å². The predicted molar refractivity (Wildman–Crippen MR) is 101 cm³/mol. The van der Waals surface area contributed by atoms with Gasteiger partial charge >= 0.3 is 0 Å². The molecule has 0 fully saturated rings. The van der Waals surface area contributed by atoms with E-state index in [2.05, 4.69) is 5.32 Å². The lowest BCUT2D eigenvalue weighted by Crippen LogP contribution is -2.50. The second kappa shape index (κ2) is 8.31. The molecule has 0 unspecified atom stereocenters. The van der Waals surface area contributed by atoms with Crippen molar-refractivity contribution in [3.63, 3.8) is 0 Å². The number of hydrogen-bond donors (Lipinski definition) is 1. The third-order valence-electron chi connectivity index (χ3n) is 4.08. The largest absolute Gasteiger partial charge is 0.348 e. The molecule has 2 aromatic carbocycles. The van der Waals surface area contributed by atoms with Crippen molar-refractivity contribution in [3.8, 4) is 0 Å². The number of nitrogens with zero attached hydrogens (tertiary/aromatic N) is 1. The molecule has 1 N–H and O–H groups in total. The topological polar surface area (TPSA) is 66.5 Å². The van der Waals surface area contributed by atoms with Gasteiger partial charge in [-0.3, -0.25) is 9.10 Å². The average Bonchev–Trinajstić information content (AvgIpc) is 2.60. The Morgan fingerprint density at radius 2 is 1.69 bits per heavy atom. The van der Waals surface area contributed by atoms with Gasteiger partial charge in [0, 0.05) is 0 Å². The highest BCUT2D eigenvalue weighted by Crippen LogP contribution is 2.26. The molecule has 0 aliphatic carbocycles. The molecule has 26 heavy (non-hydrogen) atoms. The Bertz CT molecular complexity index is 856. The lowest BCUT2D eigenvalue weighted by Gasteiger charge is -2.31. The van der Waals surface area contributed by atoms with Crippen molar-refractivity contribution in [3.05, 3.63) is 66.0 Å². The number of halogens is 1. The van der Waals surface area contributed by atoms with Gasteiger partial charge in [-0.2, -0.15) is 0 Å². The zero-order valence-electron chi connectivity index (χ0n) is 15.0. The average molecular weight is 378 g/mol. The smallest absolute Gasteiger partial charge is 0.244 e. The molecule has 0 bridgehead atoms. The van der Waals surface area contributed by atoms with E-state index in [1.165, 1.54) is 24.3 Å². The number of anilines is 1. The number of carbonyl (C=O) groups excluding carboxylic acids is 1. The number of benzene rings is 2. The zero-order valence-corrected chi connectivity index (χ0v) is 15.8. The molecule has 0 aliphatic heterocycles. The van der Waals surface area contributed by atoms with E-state index in [4.69, 9.17) is 0 Å². The predicted octanol–water partition coefficient (Wildman–Crippen LogP) is 3.25. The summed E-state index contributed by atoms with van der Waals surface area (Å²) in [6.45, 7) is 3.50. The molecule has 2 aromatic rings. The van der Waals surface area contributed by atoms with Crippen molar-refractivity contribution in [2.45, 2.75) is 32.4 Å². The molecule has 0 saturated heterocycles. The van der Waals surface area contributed by atoms with E-state index in [0.717, 1.165) is 16.1 Å². The Balaban J connectivity index is 2.33. The van der Waals surface area contributed by atoms with Gasteiger partial charge in [0.15, 0.2) is 0 Å². The van der Waals surface area contributed by atoms with E-state index in [1.54, 1.807) is 6.92 Å². The first-order valence-electron chi connectivity index (χ1n) is 8.35. The molecular weight excluding hydrogens is 355 g/mol. The molecule has 0 aromatic heterocycles. The van der Waals surface area contributed by atoms with Gasteiger partial charge in [0.25, 0.3) is 0 Å². The Labute approximate surface area is 153 Å². The van der Waals surface area contributed by atoms with Crippen molar-refractivity contribution in [2.75, 3.05) is 10.6 Å². The van der Waals surface area contributed by atoms with E-state index >= 15 is 0 Å². The number of para-hydroxylation sites is 1. The van der Waals surface area contributed by atoms with Crippen LogP contribution in [-0.2, 0) is 14.8 Å². The highest BCUT2D eigenvalue weighted by molar-refractivity contribution is 7.92. The summed E-state index contributed by atoms with van der Waals surface area (Å²) in [5.41, 5.74) is 0.761. The monoisotopic (exact) mass is 378 g/mol. The van der Waals surface area contributed by atoms with Crippen LogP contribution in [0.25, 0.3) is 0 Å². The fourth-order valence-corrected chi connectivity index (χ4v) is 4.01. The SMILES string of the molecule is CC[C@H](C(=O)N[C@@H](C)c1ccccc1)N(c1ccccc1F)S(C)(=O)=O. The van der Waals surface area contributed by atoms with Crippen LogP contribution in [0.2, 0.25) is 0 Å². The van der Waals surface area contributed by atoms with Gasteiger partial charge < -0.3 is 5.32 Å². The van der Waals surface area contributed by atoms with Crippen molar-refractivity contribution in [1.82, 2.24) is 5.32 Å². The van der Waals surface area contributed by atoms with Crippen LogP contribution in [0.1, 0.15) is 31.9 Å². The second-order valence-corrected chi connectivity index (χ2v) is 7.93. The molecule has 0 aliphatic rings. The fraction of sp³-hybridized carbons (Fsp3) is 0.316. The number of amides is 1. The highest BCUT2D eigenvalue weighted by Gasteiger charge is 2.33. The number of sulfonamides is 1. The summed E-state index contributed by atoms with van der Waals surface area (Å²) >= 11 is 0. The van der Waals surface area contributed by atoms with Crippen LogP contribution in [-0.4, -0.2) is 26.6 Å². The molecule has 5 nitrogen and oxygen atoms in total. The first-order valence-corrected chi connectivity index (χ1v) is 10.2. The minimum Gasteiger partial charge on any atom is -0.348 e. The van der Waals surface area contributed by atoms with Gasteiger partial charge in [0.2, 0.25) is 15.9 Å². The normalized spacial score (nSPS) is 13.7. The maximum atomic E-state index is 14.2. The van der Waals surface area contributed by atoms with E-state index in [9.17, 15) is 17.6 Å². The Kier molecular flexibility index (Phi) is 6.37. The standard InChI is InChI=1S/C19H23FN2O3S/c1-4-17(19(23)21-14(2)15-10-6-5-7-11-15)22(26(3,24)25)18-13-9-8-12-16(18)20/h5-14,17H,4H2,1-3H3,(H,21,23)/t14-,17+/m0/s1. The van der Waals surface area contributed by atoms with E-state index in [0.29, 0.717) is 0 Å². The number of nitrogens with one attached hydrogen (secondary N) is 1. The van der Waals surface area contributed by atoms with Crippen molar-refractivity contribution >= 4 is 21.6 Å². The summed E-state index contributed by atoms with van der Waals surface area (Å²) in [4.78, 5) is 12.8. The molecule has 0 radical (unpaired) electrons. The van der Waals surface area contributed by atoms with Gasteiger partial charge in [-0.15, -0.1) is 0 Å². The molecule has 0 spiro atoms. The van der Waals surface area contributed by atoms with Crippen molar-refractivity contribution < 1.29 is 17.6 Å². The molecule has 7 heteroatoms. The molecule has 2 atom stereocenters. The van der Waals surface area contributed by atoms with Crippen LogP contribution >= 0.6 is 0 Å². The van der Waals surface area contributed by atoms with Crippen LogP contribution in [0.4, 0.5) is 10.1 Å². The minimum atomic E-state index is -3.86. The van der Waals surface area contributed by atoms with Crippen LogP contribution in [0.5, 0.6) is 0 Å². The third-order valence-corrected chi connectivity index (χ3v) is 5.24. The Hall–Kier alpha value is -2.41. The first kappa shape index (κ1) is 19.9. The van der Waals surface area contributed by atoms with Crippen LogP contribution in [0, 0.1) is 5.82 Å². The van der Waals surface area contributed by atoms with Gasteiger partial charge in [0.05, 0.1) is 18.0 Å². The summed E-state index contributed by atoms with van der Waals surface area (Å²) in [6, 6.07) is 13.5. The van der Waals surface area contributed by atoms with Gasteiger partial charge in [0.1, 0.15) is 11.9 Å². The number of rotatable bonds is 7. The maximum absolute atomic E-state index is 14.2. The van der Waals surface area contributed by atoms with E-state index < -0.39 is 27.8 Å². The second-order valence-electron chi connectivity index (χ2n) is 6.08. The van der Waals surface area contributed by atoms with Crippen LogP contribution in [0.15, 0.2) is 54.6 Å². The van der Waals surface area contributed by atoms with Gasteiger partial charge in [-0.1, -0.05) is 49.4 Å². The lowest BCUT2D eigenvalue weighted by molar-refractivity contribution is -0.122. The molecule has 0 saturated carbocycles. The highest BCUT2D eigenvalue weighted by atomic mass is 32.2. The van der Waals surface area contributed by atoms with E-state index in [-0.39, 0.29) is 18.2 Å². The summed E-state index contributed by atoms with van der Waals surface area (Å²) in [5, 5.41) is 2.82. The van der Waals surface area contributed by atoms with Gasteiger partial charge in [-0.05, 0) is 31.0 Å². The summed E-state index contributed by atoms with van der Waals surface area (Å²) in [6.07, 6.45) is 1.17. The molecule has 2 rings (SSSR count). The Morgan fingerprint density at radius 3 is 2.23 bits per heavy atom. The summed E-state index contributed by atoms with van der Waals surface area (Å²) < 4.78 is 39.7. The van der Waals surface area contributed by atoms with Crippen molar-refractivity contribution in [2.24, 2.45) is 0 Å². The minimum absolute atomic E-state index is 0.135. The third kappa shape index (κ3) is 4.60. The molecule has 1 amide bonds. The van der Waals surface area contributed by atoms with Gasteiger partial charge in [-0.25, -0.2) is 12.8 Å². The lowest BCUT2D eigenvalue weighted by atomic mass is 10.1. The van der Waals surface area contributed by atoms with Crippen LogP contribution < -0.4 is 9.62 Å². The maximum Gasteiger partial charge on any atom is 0.244 e.